The Balaban J connectivity index is 1.25. The van der Waals surface area contributed by atoms with Gasteiger partial charge in [0.15, 0.2) is 12.7 Å². The van der Waals surface area contributed by atoms with Gasteiger partial charge in [0.25, 0.3) is 0 Å². The fraction of sp³-hybridized carbons (Fsp3) is 0.529. The first-order valence-corrected chi connectivity index (χ1v) is 16.2. The van der Waals surface area contributed by atoms with Gasteiger partial charge in [-0.2, -0.15) is 4.57 Å². The molecule has 0 aliphatic rings. The summed E-state index contributed by atoms with van der Waals surface area (Å²) in [5.41, 5.74) is 5.05. The van der Waals surface area contributed by atoms with E-state index in [4.69, 9.17) is 4.74 Å². The molecule has 39 heavy (non-hydrogen) atoms. The second-order valence-electron chi connectivity index (χ2n) is 10.7. The minimum Gasteiger partial charge on any atom is -0.493 e. The van der Waals surface area contributed by atoms with Crippen LogP contribution >= 0.6 is 11.3 Å². The molecule has 0 fully saturated rings. The molecule has 212 valence electrons. The van der Waals surface area contributed by atoms with Crippen LogP contribution in [0.5, 0.6) is 5.75 Å². The zero-order valence-electron chi connectivity index (χ0n) is 24.0. The van der Waals surface area contributed by atoms with Gasteiger partial charge in [-0.3, -0.25) is 4.79 Å². The molecular weight excluding hydrogens is 500 g/mol. The highest BCUT2D eigenvalue weighted by Crippen LogP contribution is 2.20. The third-order valence-corrected chi connectivity index (χ3v) is 7.88. The maximum Gasteiger partial charge on any atom is 0.228 e. The van der Waals surface area contributed by atoms with Crippen LogP contribution in [-0.2, 0) is 17.8 Å². The lowest BCUT2D eigenvalue weighted by Crippen LogP contribution is -2.30. The van der Waals surface area contributed by atoms with Crippen molar-refractivity contribution in [2.24, 2.45) is 0 Å². The second-order valence-corrected chi connectivity index (χ2v) is 11.4. The second kappa shape index (κ2) is 19.4. The summed E-state index contributed by atoms with van der Waals surface area (Å²) in [6.07, 6.45) is 21.3. The number of para-hydroxylation sites is 1. The molecule has 1 heterocycles. The molecule has 2 aromatic carbocycles. The zero-order chi connectivity index (χ0) is 27.4. The van der Waals surface area contributed by atoms with E-state index in [1.165, 1.54) is 89.0 Å². The Bertz CT molecular complexity index is 1030. The van der Waals surface area contributed by atoms with Crippen LogP contribution in [0.2, 0.25) is 0 Å². The van der Waals surface area contributed by atoms with E-state index in [1.807, 2.05) is 36.4 Å². The maximum atomic E-state index is 12.7. The standard InChI is InChI=1S/C34H48N2O2S/c1-2-3-4-5-6-7-8-9-10-11-12-13-14-17-25-38-33-19-16-15-18-31(33)27-34(37)35-32-22-20-30(21-23-32)28-36-24-26-39-29-36/h15-16,18-24,26,29H,2-14,17,25,27-28H2,1H3/p+1. The number of hydrogen-bond acceptors (Lipinski definition) is 3. The SMILES string of the molecule is CCCCCCCCCCCCCCCCOc1ccccc1CC(=O)Nc1ccc(C[n+]2ccsc2)cc1. The van der Waals surface area contributed by atoms with Crippen molar-refractivity contribution in [3.8, 4) is 5.75 Å². The van der Waals surface area contributed by atoms with Crippen LogP contribution in [0.3, 0.4) is 0 Å². The van der Waals surface area contributed by atoms with E-state index in [0.717, 1.165) is 30.0 Å². The molecule has 0 saturated carbocycles. The first-order chi connectivity index (χ1) is 19.2. The fourth-order valence-electron chi connectivity index (χ4n) is 4.90. The van der Waals surface area contributed by atoms with Crippen molar-refractivity contribution in [1.82, 2.24) is 0 Å². The average molecular weight is 550 g/mol. The van der Waals surface area contributed by atoms with E-state index in [0.29, 0.717) is 13.0 Å². The number of benzene rings is 2. The molecule has 0 aliphatic carbocycles. The molecule has 3 aromatic rings. The van der Waals surface area contributed by atoms with Crippen molar-refractivity contribution in [1.29, 1.82) is 0 Å². The summed E-state index contributed by atoms with van der Waals surface area (Å²) in [5, 5.41) is 5.09. The molecule has 0 unspecified atom stereocenters. The topological polar surface area (TPSA) is 42.2 Å². The van der Waals surface area contributed by atoms with Crippen LogP contribution in [-0.4, -0.2) is 12.5 Å². The predicted molar refractivity (Wildman–Crippen MR) is 165 cm³/mol. The molecule has 3 rings (SSSR count). The first-order valence-electron chi connectivity index (χ1n) is 15.3. The zero-order valence-corrected chi connectivity index (χ0v) is 24.9. The highest BCUT2D eigenvalue weighted by molar-refractivity contribution is 7.07. The molecule has 1 aromatic heterocycles. The smallest absolute Gasteiger partial charge is 0.228 e. The number of ether oxygens (including phenoxy) is 1. The quantitative estimate of drug-likeness (QED) is 0.106. The number of unbranched alkanes of at least 4 members (excludes halogenated alkanes) is 13. The van der Waals surface area contributed by atoms with E-state index >= 15 is 0 Å². The Morgan fingerprint density at radius 3 is 2.03 bits per heavy atom. The number of carbonyl (C=O) groups is 1. The van der Waals surface area contributed by atoms with Crippen molar-refractivity contribution in [2.75, 3.05) is 11.9 Å². The van der Waals surface area contributed by atoms with Crippen molar-refractivity contribution >= 4 is 22.9 Å². The van der Waals surface area contributed by atoms with Gasteiger partial charge in [-0.05, 0) is 24.6 Å². The molecule has 5 heteroatoms. The number of nitrogens with zero attached hydrogens (tertiary/aromatic N) is 1. The molecule has 0 spiro atoms. The van der Waals surface area contributed by atoms with Gasteiger partial charge < -0.3 is 10.1 Å². The third-order valence-electron chi connectivity index (χ3n) is 7.21. The first kappa shape index (κ1) is 30.9. The molecule has 4 nitrogen and oxygen atoms in total. The third kappa shape index (κ3) is 13.3. The van der Waals surface area contributed by atoms with Gasteiger partial charge in [-0.25, -0.2) is 0 Å². The Kier molecular flexibility index (Phi) is 15.4. The van der Waals surface area contributed by atoms with Crippen molar-refractivity contribution < 1.29 is 14.1 Å². The Hall–Kier alpha value is -2.66. The molecule has 0 radical (unpaired) electrons. The van der Waals surface area contributed by atoms with E-state index < -0.39 is 0 Å². The summed E-state index contributed by atoms with van der Waals surface area (Å²) in [5.74, 6) is 0.799. The average Bonchev–Trinajstić information content (AvgIpc) is 3.46. The Labute approximate surface area is 240 Å². The lowest BCUT2D eigenvalue weighted by Gasteiger charge is -2.12. The van der Waals surface area contributed by atoms with Crippen LogP contribution in [0.4, 0.5) is 5.69 Å². The number of anilines is 1. The summed E-state index contributed by atoms with van der Waals surface area (Å²) in [7, 11) is 0. The number of hydrogen-bond donors (Lipinski definition) is 1. The highest BCUT2D eigenvalue weighted by atomic mass is 32.1. The summed E-state index contributed by atoms with van der Waals surface area (Å²) in [4.78, 5) is 12.7. The molecule has 0 atom stereocenters. The minimum absolute atomic E-state index is 0.0255. The summed E-state index contributed by atoms with van der Waals surface area (Å²) in [6, 6.07) is 16.0. The van der Waals surface area contributed by atoms with Crippen molar-refractivity contribution in [3.05, 3.63) is 76.7 Å². The Morgan fingerprint density at radius 1 is 0.795 bits per heavy atom. The number of thiazole rings is 1. The lowest BCUT2D eigenvalue weighted by molar-refractivity contribution is -0.683. The van der Waals surface area contributed by atoms with Gasteiger partial charge >= 0.3 is 0 Å². The van der Waals surface area contributed by atoms with Gasteiger partial charge in [0.05, 0.1) is 18.4 Å². The molecule has 1 N–H and O–H groups in total. The predicted octanol–water partition coefficient (Wildman–Crippen LogP) is 9.13. The van der Waals surface area contributed by atoms with Crippen molar-refractivity contribution in [3.63, 3.8) is 0 Å². The maximum absolute atomic E-state index is 12.7. The summed E-state index contributed by atoms with van der Waals surface area (Å²) in [6.45, 7) is 3.83. The number of carbonyl (C=O) groups excluding carboxylic acids is 1. The van der Waals surface area contributed by atoms with Crippen LogP contribution in [0, 0.1) is 0 Å². The molecule has 0 bridgehead atoms. The van der Waals surface area contributed by atoms with Gasteiger partial charge in [0.2, 0.25) is 11.4 Å². The van der Waals surface area contributed by atoms with E-state index in [-0.39, 0.29) is 5.91 Å². The Morgan fingerprint density at radius 2 is 1.41 bits per heavy atom. The molecular formula is C34H49N2O2S+. The van der Waals surface area contributed by atoms with Gasteiger partial charge in [-0.15, -0.1) is 0 Å². The fourth-order valence-corrected chi connectivity index (χ4v) is 5.50. The highest BCUT2D eigenvalue weighted by Gasteiger charge is 2.10. The van der Waals surface area contributed by atoms with Gasteiger partial charge in [-0.1, -0.05) is 132 Å². The lowest BCUT2D eigenvalue weighted by atomic mass is 10.0. The summed E-state index contributed by atoms with van der Waals surface area (Å²) >= 11 is 1.68. The molecule has 0 aliphatic heterocycles. The van der Waals surface area contributed by atoms with Gasteiger partial charge in [0.1, 0.15) is 5.75 Å². The number of aromatic nitrogens is 1. The van der Waals surface area contributed by atoms with Crippen molar-refractivity contribution in [2.45, 2.75) is 110 Å². The minimum atomic E-state index is -0.0255. The summed E-state index contributed by atoms with van der Waals surface area (Å²) < 4.78 is 8.23. The van der Waals surface area contributed by atoms with Crippen LogP contribution in [0.25, 0.3) is 0 Å². The van der Waals surface area contributed by atoms with Crippen LogP contribution in [0.1, 0.15) is 108 Å². The monoisotopic (exact) mass is 549 g/mol. The van der Waals surface area contributed by atoms with E-state index in [9.17, 15) is 4.79 Å². The largest absolute Gasteiger partial charge is 0.493 e. The van der Waals surface area contributed by atoms with E-state index in [1.54, 1.807) is 11.3 Å². The van der Waals surface area contributed by atoms with Crippen LogP contribution < -0.4 is 14.6 Å². The van der Waals surface area contributed by atoms with Gasteiger partial charge in [0, 0.05) is 16.8 Å². The molecule has 1 amide bonds. The molecule has 0 saturated heterocycles. The normalized spacial score (nSPS) is 11.0. The number of nitrogens with one attached hydrogen (secondary N) is 1. The number of amides is 1. The van der Waals surface area contributed by atoms with Crippen LogP contribution in [0.15, 0.2) is 65.6 Å². The van der Waals surface area contributed by atoms with E-state index in [2.05, 4.69) is 46.0 Å². The number of rotatable bonds is 21.